The molecule has 0 saturated carbocycles. The van der Waals surface area contributed by atoms with Crippen LogP contribution in [0.3, 0.4) is 0 Å². The van der Waals surface area contributed by atoms with Crippen molar-refractivity contribution in [3.63, 3.8) is 0 Å². The van der Waals surface area contributed by atoms with Crippen LogP contribution < -0.4 is 15.5 Å². The molecule has 0 aromatic carbocycles. The highest BCUT2D eigenvalue weighted by Gasteiger charge is 2.31. The molecule has 1 fully saturated rings. The van der Waals surface area contributed by atoms with E-state index in [9.17, 15) is 4.79 Å². The van der Waals surface area contributed by atoms with Gasteiger partial charge in [0.15, 0.2) is 0 Å². The van der Waals surface area contributed by atoms with Crippen LogP contribution >= 0.6 is 0 Å². The van der Waals surface area contributed by atoms with Crippen LogP contribution in [-0.4, -0.2) is 48.6 Å². The van der Waals surface area contributed by atoms with Crippen molar-refractivity contribution in [1.82, 2.24) is 20.6 Å². The molecular formula is C14H21N5O. The third-order valence-corrected chi connectivity index (χ3v) is 4.17. The van der Waals surface area contributed by atoms with Crippen LogP contribution in [0.15, 0.2) is 6.33 Å². The van der Waals surface area contributed by atoms with E-state index in [0.717, 1.165) is 37.4 Å². The third-order valence-electron chi connectivity index (χ3n) is 4.17. The smallest absolute Gasteiger partial charge is 0.243 e. The van der Waals surface area contributed by atoms with Crippen LogP contribution in [0.25, 0.3) is 0 Å². The maximum atomic E-state index is 12.1. The molecule has 0 spiro atoms. The second-order valence-corrected chi connectivity index (χ2v) is 5.36. The van der Waals surface area contributed by atoms with Crippen molar-refractivity contribution >= 4 is 11.7 Å². The molecule has 1 aromatic rings. The summed E-state index contributed by atoms with van der Waals surface area (Å²) in [5.41, 5.74) is 2.41. The molecule has 0 bridgehead atoms. The summed E-state index contributed by atoms with van der Waals surface area (Å²) in [6, 6.07) is -0.185. The molecule has 2 heterocycles. The normalized spacial score (nSPS) is 22.2. The van der Waals surface area contributed by atoms with Crippen molar-refractivity contribution in [2.45, 2.75) is 31.7 Å². The van der Waals surface area contributed by atoms with Gasteiger partial charge in [0, 0.05) is 37.9 Å². The number of aromatic nitrogens is 2. The minimum absolute atomic E-state index is 0.0420. The lowest BCUT2D eigenvalue weighted by molar-refractivity contribution is -0.122. The molecule has 2 N–H and O–H groups in total. The summed E-state index contributed by atoms with van der Waals surface area (Å²) in [5, 5.41) is 6.03. The topological polar surface area (TPSA) is 70.2 Å². The molecule has 6 nitrogen and oxygen atoms in total. The van der Waals surface area contributed by atoms with E-state index in [2.05, 4.69) is 25.5 Å². The number of amides is 1. The number of aryl methyl sites for hydroxylation is 1. The summed E-state index contributed by atoms with van der Waals surface area (Å²) >= 11 is 0. The monoisotopic (exact) mass is 275 g/mol. The Balaban J connectivity index is 1.95. The van der Waals surface area contributed by atoms with Gasteiger partial charge in [-0.3, -0.25) is 4.79 Å². The van der Waals surface area contributed by atoms with Gasteiger partial charge in [0.25, 0.3) is 0 Å². The molecular weight excluding hydrogens is 254 g/mol. The van der Waals surface area contributed by atoms with Crippen molar-refractivity contribution in [2.24, 2.45) is 0 Å². The Morgan fingerprint density at radius 2 is 2.25 bits per heavy atom. The number of piperazine rings is 1. The molecule has 1 saturated heterocycles. The molecule has 108 valence electrons. The molecule has 1 atom stereocenters. The fraction of sp³-hybridized carbons (Fsp3) is 0.643. The molecule has 1 unspecified atom stereocenters. The first-order chi connectivity index (χ1) is 9.81. The summed E-state index contributed by atoms with van der Waals surface area (Å²) in [7, 11) is 1.69. The predicted molar refractivity (Wildman–Crippen MR) is 76.7 cm³/mol. The van der Waals surface area contributed by atoms with E-state index >= 15 is 0 Å². The Hall–Kier alpha value is -1.69. The molecule has 1 aliphatic heterocycles. The van der Waals surface area contributed by atoms with Crippen molar-refractivity contribution in [1.29, 1.82) is 0 Å². The van der Waals surface area contributed by atoms with Gasteiger partial charge in [-0.2, -0.15) is 0 Å². The Kier molecular flexibility index (Phi) is 3.82. The first-order valence-corrected chi connectivity index (χ1v) is 7.33. The lowest BCUT2D eigenvalue weighted by Gasteiger charge is -2.37. The average Bonchev–Trinajstić information content (AvgIpc) is 2.53. The Morgan fingerprint density at radius 3 is 3.10 bits per heavy atom. The van der Waals surface area contributed by atoms with Gasteiger partial charge in [-0.15, -0.1) is 0 Å². The predicted octanol–water partition coefficient (Wildman–Crippen LogP) is -0.120. The lowest BCUT2D eigenvalue weighted by Crippen LogP contribution is -2.58. The zero-order valence-electron chi connectivity index (χ0n) is 11.9. The SMILES string of the molecule is CNC(=O)C1CNCCN1c1ncnc2c1CCCC2. The highest BCUT2D eigenvalue weighted by Crippen LogP contribution is 2.28. The fourth-order valence-electron chi connectivity index (χ4n) is 3.11. The zero-order valence-corrected chi connectivity index (χ0v) is 11.9. The van der Waals surface area contributed by atoms with Gasteiger partial charge >= 0.3 is 0 Å². The van der Waals surface area contributed by atoms with E-state index in [4.69, 9.17) is 0 Å². The van der Waals surface area contributed by atoms with Crippen LogP contribution in [0.2, 0.25) is 0 Å². The lowest BCUT2D eigenvalue weighted by atomic mass is 9.95. The van der Waals surface area contributed by atoms with Crippen molar-refractivity contribution in [3.8, 4) is 0 Å². The zero-order chi connectivity index (χ0) is 13.9. The Labute approximate surface area is 119 Å². The third kappa shape index (κ3) is 2.35. The molecule has 3 rings (SSSR count). The van der Waals surface area contributed by atoms with Crippen molar-refractivity contribution in [2.75, 3.05) is 31.6 Å². The minimum atomic E-state index is -0.185. The quantitative estimate of drug-likeness (QED) is 0.787. The van der Waals surface area contributed by atoms with Gasteiger partial charge in [-0.25, -0.2) is 9.97 Å². The number of anilines is 1. The standard InChI is InChI=1S/C14H21N5O/c1-15-14(20)12-8-16-6-7-19(12)13-10-4-2-3-5-11(10)17-9-18-13/h9,12,16H,2-8H2,1H3,(H,15,20). The second kappa shape index (κ2) is 5.75. The number of carbonyl (C=O) groups is 1. The van der Waals surface area contributed by atoms with Gasteiger partial charge in [0.05, 0.1) is 0 Å². The Morgan fingerprint density at radius 1 is 1.40 bits per heavy atom. The molecule has 6 heteroatoms. The maximum Gasteiger partial charge on any atom is 0.243 e. The first-order valence-electron chi connectivity index (χ1n) is 7.33. The number of nitrogens with zero attached hydrogens (tertiary/aromatic N) is 3. The summed E-state index contributed by atoms with van der Waals surface area (Å²) < 4.78 is 0. The highest BCUT2D eigenvalue weighted by atomic mass is 16.2. The number of likely N-dealkylation sites (N-methyl/N-ethyl adjacent to an activating group) is 1. The van der Waals surface area contributed by atoms with Crippen LogP contribution in [0.1, 0.15) is 24.1 Å². The van der Waals surface area contributed by atoms with Gasteiger partial charge in [-0.05, 0) is 25.7 Å². The van der Waals surface area contributed by atoms with E-state index in [1.54, 1.807) is 13.4 Å². The molecule has 1 amide bonds. The summed E-state index contributed by atoms with van der Waals surface area (Å²) in [6.07, 6.45) is 6.08. The summed E-state index contributed by atoms with van der Waals surface area (Å²) in [4.78, 5) is 23.1. The number of rotatable bonds is 2. The van der Waals surface area contributed by atoms with E-state index in [-0.39, 0.29) is 11.9 Å². The maximum absolute atomic E-state index is 12.1. The minimum Gasteiger partial charge on any atom is -0.357 e. The second-order valence-electron chi connectivity index (χ2n) is 5.36. The largest absolute Gasteiger partial charge is 0.357 e. The molecule has 1 aliphatic carbocycles. The van der Waals surface area contributed by atoms with Crippen LogP contribution in [0.5, 0.6) is 0 Å². The summed E-state index contributed by atoms with van der Waals surface area (Å²) in [6.45, 7) is 2.35. The molecule has 1 aromatic heterocycles. The van der Waals surface area contributed by atoms with Crippen LogP contribution in [-0.2, 0) is 17.6 Å². The average molecular weight is 275 g/mol. The Bertz CT molecular complexity index is 504. The number of fused-ring (bicyclic) bond motifs is 1. The van der Waals surface area contributed by atoms with Gasteiger partial charge < -0.3 is 15.5 Å². The van der Waals surface area contributed by atoms with E-state index < -0.39 is 0 Å². The highest BCUT2D eigenvalue weighted by molar-refractivity contribution is 5.85. The van der Waals surface area contributed by atoms with E-state index in [1.807, 2.05) is 0 Å². The molecule has 20 heavy (non-hydrogen) atoms. The van der Waals surface area contributed by atoms with Crippen molar-refractivity contribution < 1.29 is 4.79 Å². The van der Waals surface area contributed by atoms with Gasteiger partial charge in [0.2, 0.25) is 5.91 Å². The van der Waals surface area contributed by atoms with Crippen LogP contribution in [0.4, 0.5) is 5.82 Å². The first kappa shape index (κ1) is 13.3. The van der Waals surface area contributed by atoms with Crippen LogP contribution in [0, 0.1) is 0 Å². The summed E-state index contributed by atoms with van der Waals surface area (Å²) in [5.74, 6) is 1.00. The number of carbonyl (C=O) groups excluding carboxylic acids is 1. The van der Waals surface area contributed by atoms with E-state index in [0.29, 0.717) is 6.54 Å². The van der Waals surface area contributed by atoms with Gasteiger partial charge in [0.1, 0.15) is 18.2 Å². The molecule has 0 radical (unpaired) electrons. The molecule has 2 aliphatic rings. The van der Waals surface area contributed by atoms with E-state index in [1.165, 1.54) is 18.4 Å². The van der Waals surface area contributed by atoms with Gasteiger partial charge in [-0.1, -0.05) is 0 Å². The number of hydrogen-bond donors (Lipinski definition) is 2. The number of nitrogens with one attached hydrogen (secondary N) is 2. The van der Waals surface area contributed by atoms with Crippen molar-refractivity contribution in [3.05, 3.63) is 17.6 Å². The fourth-order valence-corrected chi connectivity index (χ4v) is 3.11. The number of hydrogen-bond acceptors (Lipinski definition) is 5.